The zero-order valence-electron chi connectivity index (χ0n) is 2.69. The Morgan fingerprint density at radius 1 is 0.500 bits per heavy atom. The van der Waals surface area contributed by atoms with Crippen molar-refractivity contribution in [3.05, 3.63) is 0 Å². The third-order valence-electron chi connectivity index (χ3n) is 0. The zero-order chi connectivity index (χ0) is 0. The first-order valence-electron chi connectivity index (χ1n) is 0. The van der Waals surface area contributed by atoms with Gasteiger partial charge in [0.05, 0.1) is 0 Å². The summed E-state index contributed by atoms with van der Waals surface area (Å²) in [6.45, 7) is 0. The van der Waals surface area contributed by atoms with Gasteiger partial charge in [0.2, 0.25) is 0 Å². The molecule has 0 radical (unpaired) electrons. The van der Waals surface area contributed by atoms with Crippen LogP contribution in [0.25, 0.3) is 0 Å². The minimum absolute atomic E-state index is 0. The van der Waals surface area contributed by atoms with Crippen molar-refractivity contribution in [3.63, 3.8) is 0 Å². The average Bonchev–Trinajstić information content (AvgIpc) is 0. The third-order valence-corrected chi connectivity index (χ3v) is 0. The van der Waals surface area contributed by atoms with Crippen molar-refractivity contribution < 1.29 is 43.1 Å². The molecule has 6 heteroatoms. The maximum Gasteiger partial charge on any atom is 2.00 e. The summed E-state index contributed by atoms with van der Waals surface area (Å²) in [6.07, 6.45) is 0. The summed E-state index contributed by atoms with van der Waals surface area (Å²) >= 11 is 0. The van der Waals surface area contributed by atoms with Gasteiger partial charge >= 0.3 is 16.5 Å². The average molecular weight is 150 g/mol. The second-order valence-corrected chi connectivity index (χ2v) is 0. The van der Waals surface area contributed by atoms with Crippen LogP contribution < -0.4 is 4.70 Å². The molecule has 4 nitrogen and oxygen atoms in total. The van der Waals surface area contributed by atoms with E-state index in [2.05, 4.69) is 0 Å². The minimum Gasteiger partial charge on any atom is -1.00 e. The van der Waals surface area contributed by atoms with Crippen molar-refractivity contribution in [2.75, 3.05) is 0 Å². The number of hydrogen-bond acceptors (Lipinski definition) is 0. The molecule has 6 heavy (non-hydrogen) atoms. The second-order valence-electron chi connectivity index (χ2n) is 0. The largest absolute Gasteiger partial charge is 2.00 e. The Hall–Kier alpha value is 0.264. The van der Waals surface area contributed by atoms with Crippen molar-refractivity contribution in [2.24, 2.45) is 0 Å². The third kappa shape index (κ3) is 654. The van der Waals surface area contributed by atoms with Crippen LogP contribution in [0.1, 0.15) is 0 Å². The number of halogens is 1. The zero-order valence-corrected chi connectivity index (χ0v) is 3.68. The fourth-order valence-electron chi connectivity index (χ4n) is 0. The van der Waals surface area contributed by atoms with Gasteiger partial charge in [0.1, 0.15) is 0 Å². The summed E-state index contributed by atoms with van der Waals surface area (Å²) < 4.78 is 0. The fourth-order valence-corrected chi connectivity index (χ4v) is 0. The maximum absolute atomic E-state index is 0. The summed E-state index contributed by atoms with van der Waals surface area (Å²) in [6, 6.07) is 0. The fraction of sp³-hybridized carbons (Fsp3) is 0. The van der Waals surface area contributed by atoms with Crippen molar-refractivity contribution >= 4 is 0 Å². The van der Waals surface area contributed by atoms with Gasteiger partial charge in [0.25, 0.3) is 0 Å². The van der Waals surface area contributed by atoms with E-state index in [-0.39, 0.29) is 43.1 Å². The first-order valence-corrected chi connectivity index (χ1v) is 0. The quantitative estimate of drug-likeness (QED) is 0.304. The molecule has 0 unspecified atom stereocenters. The summed E-state index contributed by atoms with van der Waals surface area (Å²) in [5.74, 6) is 0. The molecule has 0 aliphatic carbocycles. The standard InChI is InChI=1S/FH.Ni.4H2O/h1H;;4*1H2/q;+2;;;;/p-1. The Balaban J connectivity index is 0. The van der Waals surface area contributed by atoms with Crippen LogP contribution in [0.5, 0.6) is 0 Å². The van der Waals surface area contributed by atoms with Crippen LogP contribution in [0.2, 0.25) is 0 Å². The van der Waals surface area contributed by atoms with Gasteiger partial charge in [-0.25, -0.2) is 0 Å². The Morgan fingerprint density at radius 2 is 0.500 bits per heavy atom. The Kier molecular flexibility index (Phi) is 574000. The predicted molar refractivity (Wildman–Crippen MR) is 14.5 cm³/mol. The molecule has 0 rings (SSSR count). The maximum atomic E-state index is 0. The van der Waals surface area contributed by atoms with Gasteiger partial charge in [-0.1, -0.05) is 0 Å². The van der Waals surface area contributed by atoms with Gasteiger partial charge in [0, 0.05) is 0 Å². The van der Waals surface area contributed by atoms with Crippen LogP contribution in [-0.4, -0.2) is 21.9 Å². The van der Waals surface area contributed by atoms with E-state index >= 15 is 0 Å². The van der Waals surface area contributed by atoms with E-state index in [1.54, 1.807) is 0 Å². The van der Waals surface area contributed by atoms with E-state index in [1.807, 2.05) is 0 Å². The van der Waals surface area contributed by atoms with Crippen LogP contribution in [0.15, 0.2) is 0 Å². The van der Waals surface area contributed by atoms with Gasteiger partial charge in [0.15, 0.2) is 0 Å². The van der Waals surface area contributed by atoms with Crippen LogP contribution >= 0.6 is 0 Å². The van der Waals surface area contributed by atoms with Crippen LogP contribution in [-0.2, 0) is 16.5 Å². The summed E-state index contributed by atoms with van der Waals surface area (Å²) in [7, 11) is 0. The van der Waals surface area contributed by atoms with Gasteiger partial charge < -0.3 is 26.6 Å². The van der Waals surface area contributed by atoms with E-state index in [9.17, 15) is 0 Å². The van der Waals surface area contributed by atoms with E-state index < -0.39 is 0 Å². The summed E-state index contributed by atoms with van der Waals surface area (Å²) in [5.41, 5.74) is 0. The molecule has 0 spiro atoms. The molecule has 0 atom stereocenters. The monoisotopic (exact) mass is 149 g/mol. The predicted octanol–water partition coefficient (Wildman–Crippen LogP) is -6.30. The van der Waals surface area contributed by atoms with E-state index in [0.29, 0.717) is 0 Å². The van der Waals surface area contributed by atoms with Crippen molar-refractivity contribution in [3.8, 4) is 0 Å². The van der Waals surface area contributed by atoms with Crippen molar-refractivity contribution in [1.82, 2.24) is 0 Å². The van der Waals surface area contributed by atoms with Crippen LogP contribution in [0.4, 0.5) is 0 Å². The summed E-state index contributed by atoms with van der Waals surface area (Å²) in [4.78, 5) is 0. The Labute approximate surface area is 44.1 Å². The topological polar surface area (TPSA) is 126 Å². The summed E-state index contributed by atoms with van der Waals surface area (Å²) in [5, 5.41) is 0. The molecule has 0 aromatic rings. The first-order chi connectivity index (χ1) is 0. The molecule has 0 saturated carbocycles. The SMILES string of the molecule is O.O.O.O.[F-].[Ni+2]. The molecule has 0 aliphatic rings. The minimum atomic E-state index is 0. The molecule has 48 valence electrons. The number of hydrogen-bond donors (Lipinski definition) is 0. The Bertz CT molecular complexity index is 7.51. The molecule has 0 aromatic heterocycles. The van der Waals surface area contributed by atoms with Crippen molar-refractivity contribution in [1.29, 1.82) is 0 Å². The second kappa shape index (κ2) is 1380. The molecule has 8 N–H and O–H groups in total. The molecule has 0 bridgehead atoms. The van der Waals surface area contributed by atoms with E-state index in [0.717, 1.165) is 0 Å². The molecule has 0 aromatic carbocycles. The molecule has 0 fully saturated rings. The van der Waals surface area contributed by atoms with Crippen LogP contribution in [0.3, 0.4) is 0 Å². The van der Waals surface area contributed by atoms with Gasteiger partial charge in [-0.3, -0.25) is 0 Å². The molecular formula is H8FNiO4+. The van der Waals surface area contributed by atoms with Crippen molar-refractivity contribution in [2.45, 2.75) is 0 Å². The normalized spacial score (nSPS) is 0. The smallest absolute Gasteiger partial charge is 1.00 e. The molecule has 0 amide bonds. The Morgan fingerprint density at radius 3 is 0.500 bits per heavy atom. The number of rotatable bonds is 0. The first kappa shape index (κ1) is 2500. The van der Waals surface area contributed by atoms with Gasteiger partial charge in [-0.2, -0.15) is 0 Å². The molecular weight excluding hydrogens is 142 g/mol. The molecule has 0 aliphatic heterocycles. The van der Waals surface area contributed by atoms with E-state index in [4.69, 9.17) is 0 Å². The van der Waals surface area contributed by atoms with E-state index in [1.165, 1.54) is 0 Å². The van der Waals surface area contributed by atoms with Gasteiger partial charge in [-0.15, -0.1) is 0 Å². The van der Waals surface area contributed by atoms with Crippen LogP contribution in [0, 0.1) is 0 Å². The molecule has 0 heterocycles. The molecule has 0 saturated heterocycles. The van der Waals surface area contributed by atoms with Gasteiger partial charge in [-0.05, 0) is 0 Å².